The van der Waals surface area contributed by atoms with Gasteiger partial charge in [0.05, 0.1) is 16.9 Å². The van der Waals surface area contributed by atoms with Crippen molar-refractivity contribution in [2.75, 3.05) is 24.1 Å². The molecule has 9 nitrogen and oxygen atoms in total. The van der Waals surface area contributed by atoms with Gasteiger partial charge in [0.1, 0.15) is 11.6 Å². The molecule has 0 unspecified atom stereocenters. The molecule has 4 N–H and O–H groups in total. The summed E-state index contributed by atoms with van der Waals surface area (Å²) in [5.41, 5.74) is 8.11. The number of aryl methyl sites for hydroxylation is 1. The molecule has 0 radical (unpaired) electrons. The first-order valence-electron chi connectivity index (χ1n) is 12.0. The van der Waals surface area contributed by atoms with Gasteiger partial charge >= 0.3 is 6.09 Å². The molecular formula is C27H27FN6O3. The fourth-order valence-electron chi connectivity index (χ4n) is 4.76. The van der Waals surface area contributed by atoms with Crippen LogP contribution >= 0.6 is 0 Å². The fraction of sp³-hybridized carbons (Fsp3) is 0.259. The minimum absolute atomic E-state index is 0.0635. The van der Waals surface area contributed by atoms with Crippen molar-refractivity contribution in [2.45, 2.75) is 26.3 Å². The highest BCUT2D eigenvalue weighted by atomic mass is 19.1. The molecule has 0 spiro atoms. The van der Waals surface area contributed by atoms with Crippen LogP contribution in [0.25, 0.3) is 22.0 Å². The van der Waals surface area contributed by atoms with E-state index in [1.54, 1.807) is 36.7 Å². The standard InChI is InChI=1S/C27H27FN6O3/c1-15-12-17(14-34(13-15)27(35)36)32-26-31-11-9-22(33-26)20-4-3-10-30-25(20)37-24-16(2)5-6-18-19(24)7-8-21(28)23(18)29/h3-11,15,17H,12-14,29H2,1-2H3,(H,35,36)(H,31,32,33)/t15-,17+/m1/s1. The molecule has 2 aromatic heterocycles. The van der Waals surface area contributed by atoms with Gasteiger partial charge in [0.15, 0.2) is 0 Å². The van der Waals surface area contributed by atoms with Crippen molar-refractivity contribution >= 4 is 28.5 Å². The summed E-state index contributed by atoms with van der Waals surface area (Å²) in [6.07, 6.45) is 3.13. The molecule has 4 aromatic rings. The molecule has 1 amide bonds. The Morgan fingerprint density at radius 3 is 2.76 bits per heavy atom. The number of halogens is 1. The molecule has 190 valence electrons. The molecule has 0 bridgehead atoms. The summed E-state index contributed by atoms with van der Waals surface area (Å²) in [7, 11) is 0. The Labute approximate surface area is 213 Å². The van der Waals surface area contributed by atoms with Gasteiger partial charge in [0, 0.05) is 42.3 Å². The fourth-order valence-corrected chi connectivity index (χ4v) is 4.76. The summed E-state index contributed by atoms with van der Waals surface area (Å²) in [6, 6.07) is 11.8. The summed E-state index contributed by atoms with van der Waals surface area (Å²) < 4.78 is 20.4. The van der Waals surface area contributed by atoms with Crippen LogP contribution in [0.1, 0.15) is 18.9 Å². The number of nitrogens with zero attached hydrogens (tertiary/aromatic N) is 4. The van der Waals surface area contributed by atoms with Crippen LogP contribution in [-0.2, 0) is 0 Å². The maximum absolute atomic E-state index is 14.1. The number of hydrogen-bond donors (Lipinski definition) is 3. The Kier molecular flexibility index (Phi) is 6.47. The highest BCUT2D eigenvalue weighted by molar-refractivity contribution is 5.98. The van der Waals surface area contributed by atoms with Gasteiger partial charge in [-0.25, -0.2) is 24.1 Å². The maximum atomic E-state index is 14.1. The van der Waals surface area contributed by atoms with Gasteiger partial charge in [-0.2, -0.15) is 0 Å². The number of pyridine rings is 1. The molecule has 1 aliphatic heterocycles. The van der Waals surface area contributed by atoms with E-state index in [1.165, 1.54) is 11.0 Å². The van der Waals surface area contributed by atoms with Crippen LogP contribution in [-0.4, -0.2) is 50.2 Å². The molecular weight excluding hydrogens is 475 g/mol. The zero-order valence-electron chi connectivity index (χ0n) is 20.5. The second-order valence-electron chi connectivity index (χ2n) is 9.36. The molecule has 3 heterocycles. The third-order valence-corrected chi connectivity index (χ3v) is 6.50. The molecule has 10 heteroatoms. The number of nitrogen functional groups attached to an aromatic ring is 1. The number of nitrogens with one attached hydrogen (secondary N) is 1. The highest BCUT2D eigenvalue weighted by Gasteiger charge is 2.28. The van der Waals surface area contributed by atoms with E-state index in [9.17, 15) is 14.3 Å². The second kappa shape index (κ2) is 9.88. The number of piperidine rings is 1. The van der Waals surface area contributed by atoms with E-state index in [1.807, 2.05) is 26.0 Å². The van der Waals surface area contributed by atoms with Crippen LogP contribution in [0.2, 0.25) is 0 Å². The van der Waals surface area contributed by atoms with E-state index in [0.717, 1.165) is 12.0 Å². The van der Waals surface area contributed by atoms with Gasteiger partial charge in [0.2, 0.25) is 11.8 Å². The molecule has 0 saturated carbocycles. The third kappa shape index (κ3) is 4.95. The summed E-state index contributed by atoms with van der Waals surface area (Å²) in [4.78, 5) is 26.3. The van der Waals surface area contributed by atoms with E-state index in [4.69, 9.17) is 10.5 Å². The van der Waals surface area contributed by atoms with Crippen molar-refractivity contribution < 1.29 is 19.0 Å². The SMILES string of the molecule is Cc1ccc2c(N)c(F)ccc2c1Oc1ncccc1-c1ccnc(N[C@H]2C[C@@H](C)CN(C(=O)O)C2)n1. The lowest BCUT2D eigenvalue weighted by atomic mass is 9.96. The van der Waals surface area contributed by atoms with Crippen molar-refractivity contribution in [3.63, 3.8) is 0 Å². The number of carboxylic acid groups (broad SMARTS) is 1. The Balaban J connectivity index is 1.46. The van der Waals surface area contributed by atoms with E-state index >= 15 is 0 Å². The lowest BCUT2D eigenvalue weighted by Gasteiger charge is -2.35. The number of nitrogens with two attached hydrogens (primary N) is 1. The average molecular weight is 503 g/mol. The summed E-state index contributed by atoms with van der Waals surface area (Å²) in [5, 5.41) is 13.9. The van der Waals surface area contributed by atoms with Crippen LogP contribution in [0, 0.1) is 18.7 Å². The van der Waals surface area contributed by atoms with Crippen molar-refractivity contribution in [3.05, 3.63) is 66.2 Å². The van der Waals surface area contributed by atoms with Gasteiger partial charge < -0.3 is 25.8 Å². The minimum Gasteiger partial charge on any atom is -0.465 e. The Morgan fingerprint density at radius 1 is 1.14 bits per heavy atom. The topological polar surface area (TPSA) is 126 Å². The van der Waals surface area contributed by atoms with Crippen LogP contribution in [0.5, 0.6) is 11.6 Å². The lowest BCUT2D eigenvalue weighted by Crippen LogP contribution is -2.47. The van der Waals surface area contributed by atoms with E-state index in [-0.39, 0.29) is 17.6 Å². The first-order valence-corrected chi connectivity index (χ1v) is 12.0. The maximum Gasteiger partial charge on any atom is 0.407 e. The number of aromatic nitrogens is 3. The Morgan fingerprint density at radius 2 is 1.95 bits per heavy atom. The number of carbonyl (C=O) groups is 1. The number of rotatable bonds is 5. The lowest BCUT2D eigenvalue weighted by molar-refractivity contribution is 0.119. The second-order valence-corrected chi connectivity index (χ2v) is 9.36. The molecule has 0 aliphatic carbocycles. The number of anilines is 2. The predicted octanol–water partition coefficient (Wildman–Crippen LogP) is 5.31. The van der Waals surface area contributed by atoms with Crippen molar-refractivity contribution in [2.24, 2.45) is 5.92 Å². The highest BCUT2D eigenvalue weighted by Crippen LogP contribution is 2.38. The molecule has 2 atom stereocenters. The predicted molar refractivity (Wildman–Crippen MR) is 139 cm³/mol. The number of amides is 1. The summed E-state index contributed by atoms with van der Waals surface area (Å²) in [5.74, 6) is 0.979. The van der Waals surface area contributed by atoms with E-state index in [0.29, 0.717) is 52.7 Å². The smallest absolute Gasteiger partial charge is 0.407 e. The average Bonchev–Trinajstić information content (AvgIpc) is 2.88. The molecule has 37 heavy (non-hydrogen) atoms. The number of benzene rings is 2. The van der Waals surface area contributed by atoms with Crippen LogP contribution in [0.4, 0.5) is 20.8 Å². The molecule has 1 saturated heterocycles. The zero-order chi connectivity index (χ0) is 26.1. The minimum atomic E-state index is -0.932. The monoisotopic (exact) mass is 502 g/mol. The number of hydrogen-bond acceptors (Lipinski definition) is 7. The first-order chi connectivity index (χ1) is 17.8. The Hall–Kier alpha value is -4.47. The quantitative estimate of drug-likeness (QED) is 0.313. The van der Waals surface area contributed by atoms with Crippen LogP contribution in [0.15, 0.2) is 54.9 Å². The van der Waals surface area contributed by atoms with Crippen LogP contribution in [0.3, 0.4) is 0 Å². The van der Waals surface area contributed by atoms with E-state index in [2.05, 4.69) is 20.3 Å². The molecule has 2 aromatic carbocycles. The zero-order valence-corrected chi connectivity index (χ0v) is 20.5. The first kappa shape index (κ1) is 24.2. The van der Waals surface area contributed by atoms with Crippen molar-refractivity contribution in [1.29, 1.82) is 0 Å². The number of ether oxygens (including phenoxy) is 1. The van der Waals surface area contributed by atoms with Gasteiger partial charge in [-0.1, -0.05) is 19.1 Å². The summed E-state index contributed by atoms with van der Waals surface area (Å²) >= 11 is 0. The largest absolute Gasteiger partial charge is 0.465 e. The molecule has 5 rings (SSSR count). The van der Waals surface area contributed by atoms with Gasteiger partial charge in [0.25, 0.3) is 0 Å². The van der Waals surface area contributed by atoms with Gasteiger partial charge in [-0.05, 0) is 55.2 Å². The van der Waals surface area contributed by atoms with Crippen molar-refractivity contribution in [1.82, 2.24) is 19.9 Å². The summed E-state index contributed by atoms with van der Waals surface area (Å²) in [6.45, 7) is 4.79. The molecule has 1 fully saturated rings. The van der Waals surface area contributed by atoms with E-state index < -0.39 is 11.9 Å². The third-order valence-electron chi connectivity index (χ3n) is 6.50. The number of fused-ring (bicyclic) bond motifs is 1. The normalized spacial score (nSPS) is 17.5. The van der Waals surface area contributed by atoms with Gasteiger partial charge in [-0.3, -0.25) is 0 Å². The molecule has 1 aliphatic rings. The van der Waals surface area contributed by atoms with Crippen molar-refractivity contribution in [3.8, 4) is 22.9 Å². The van der Waals surface area contributed by atoms with Crippen LogP contribution < -0.4 is 15.8 Å². The number of likely N-dealkylation sites (tertiary alicyclic amines) is 1. The van der Waals surface area contributed by atoms with Gasteiger partial charge in [-0.15, -0.1) is 0 Å². The Bertz CT molecular complexity index is 1480.